The summed E-state index contributed by atoms with van der Waals surface area (Å²) in [5.41, 5.74) is 0.664. The second-order valence-corrected chi connectivity index (χ2v) is 8.55. The number of nitrogens with zero attached hydrogens (tertiary/aromatic N) is 2. The Bertz CT molecular complexity index is 1010. The largest absolute Gasteiger partial charge is 0.497 e. The van der Waals surface area contributed by atoms with Crippen molar-refractivity contribution in [3.8, 4) is 5.75 Å². The maximum atomic E-state index is 13.1. The molecule has 10 heteroatoms. The SMILES string of the molecule is COC(=O)c1cc(S(=O)(=O)N2CCC[C@H]2C(=O)Nc2ccc(OC)cc2)cn1C. The smallest absolute Gasteiger partial charge is 0.354 e. The fraction of sp³-hybridized carbons (Fsp3) is 0.368. The summed E-state index contributed by atoms with van der Waals surface area (Å²) in [5, 5.41) is 2.75. The summed E-state index contributed by atoms with van der Waals surface area (Å²) in [5.74, 6) is -0.386. The van der Waals surface area contributed by atoms with Gasteiger partial charge in [0.05, 0.1) is 14.2 Å². The van der Waals surface area contributed by atoms with E-state index in [0.29, 0.717) is 24.3 Å². The number of sulfonamides is 1. The lowest BCUT2D eigenvalue weighted by molar-refractivity contribution is -0.119. The number of ether oxygens (including phenoxy) is 2. The van der Waals surface area contributed by atoms with Crippen LogP contribution in [0.5, 0.6) is 5.75 Å². The number of hydrogen-bond acceptors (Lipinski definition) is 6. The zero-order valence-electron chi connectivity index (χ0n) is 16.4. The minimum atomic E-state index is -3.96. The first-order valence-electron chi connectivity index (χ1n) is 8.99. The summed E-state index contributed by atoms with van der Waals surface area (Å²) in [6.07, 6.45) is 2.33. The lowest BCUT2D eigenvalue weighted by Crippen LogP contribution is -2.43. The van der Waals surface area contributed by atoms with Crippen molar-refractivity contribution in [3.05, 3.63) is 42.2 Å². The maximum absolute atomic E-state index is 13.1. The Morgan fingerprint density at radius 3 is 2.48 bits per heavy atom. The van der Waals surface area contributed by atoms with Crippen LogP contribution in [0, 0.1) is 0 Å². The van der Waals surface area contributed by atoms with Gasteiger partial charge < -0.3 is 19.4 Å². The third-order valence-corrected chi connectivity index (χ3v) is 6.72. The van der Waals surface area contributed by atoms with Crippen molar-refractivity contribution in [2.24, 2.45) is 7.05 Å². The van der Waals surface area contributed by atoms with Gasteiger partial charge in [-0.3, -0.25) is 4.79 Å². The zero-order valence-corrected chi connectivity index (χ0v) is 17.2. The van der Waals surface area contributed by atoms with Crippen molar-refractivity contribution < 1.29 is 27.5 Å². The minimum absolute atomic E-state index is 0.0513. The van der Waals surface area contributed by atoms with Gasteiger partial charge in [0.15, 0.2) is 0 Å². The van der Waals surface area contributed by atoms with Crippen molar-refractivity contribution in [3.63, 3.8) is 0 Å². The molecule has 0 radical (unpaired) electrons. The molecule has 0 bridgehead atoms. The van der Waals surface area contributed by atoms with Gasteiger partial charge in [-0.05, 0) is 43.2 Å². The van der Waals surface area contributed by atoms with Gasteiger partial charge in [0.1, 0.15) is 22.4 Å². The molecule has 1 saturated heterocycles. The number of methoxy groups -OCH3 is 2. The van der Waals surface area contributed by atoms with E-state index in [9.17, 15) is 18.0 Å². The van der Waals surface area contributed by atoms with Crippen LogP contribution in [-0.2, 0) is 26.6 Å². The summed E-state index contributed by atoms with van der Waals surface area (Å²) in [6.45, 7) is 0.228. The number of carbonyl (C=O) groups excluding carboxylic acids is 2. The number of benzene rings is 1. The topological polar surface area (TPSA) is 107 Å². The van der Waals surface area contributed by atoms with E-state index >= 15 is 0 Å². The third-order valence-electron chi connectivity index (χ3n) is 4.84. The van der Waals surface area contributed by atoms with Crippen molar-refractivity contribution in [2.45, 2.75) is 23.8 Å². The number of nitrogens with one attached hydrogen (secondary N) is 1. The number of rotatable bonds is 6. The van der Waals surface area contributed by atoms with E-state index in [-0.39, 0.29) is 17.1 Å². The van der Waals surface area contributed by atoms with E-state index in [1.807, 2.05) is 0 Å². The number of aromatic nitrogens is 1. The molecule has 0 spiro atoms. The monoisotopic (exact) mass is 421 g/mol. The predicted octanol–water partition coefficient (Wildman–Crippen LogP) is 1.61. The van der Waals surface area contributed by atoms with Gasteiger partial charge in [0.25, 0.3) is 0 Å². The lowest BCUT2D eigenvalue weighted by Gasteiger charge is -2.23. The van der Waals surface area contributed by atoms with E-state index in [4.69, 9.17) is 4.74 Å². The standard InChI is InChI=1S/C19H23N3O6S/c1-21-12-15(11-17(21)19(24)28-3)29(25,26)22-10-4-5-16(22)18(23)20-13-6-8-14(27-2)9-7-13/h6-9,11-12,16H,4-5,10H2,1-3H3,(H,20,23)/t16-/m0/s1. The molecule has 1 fully saturated rings. The van der Waals surface area contributed by atoms with Gasteiger partial charge >= 0.3 is 5.97 Å². The molecule has 156 valence electrons. The van der Waals surface area contributed by atoms with Crippen LogP contribution in [0.1, 0.15) is 23.3 Å². The van der Waals surface area contributed by atoms with E-state index in [2.05, 4.69) is 10.1 Å². The van der Waals surface area contributed by atoms with Crippen LogP contribution in [-0.4, -0.2) is 56.0 Å². The molecular formula is C19H23N3O6S. The van der Waals surface area contributed by atoms with Crippen LogP contribution in [0.4, 0.5) is 5.69 Å². The molecule has 2 heterocycles. The van der Waals surface area contributed by atoms with Crippen LogP contribution in [0.15, 0.2) is 41.4 Å². The molecule has 9 nitrogen and oxygen atoms in total. The Morgan fingerprint density at radius 2 is 1.86 bits per heavy atom. The first-order chi connectivity index (χ1) is 13.8. The number of anilines is 1. The van der Waals surface area contributed by atoms with Crippen LogP contribution >= 0.6 is 0 Å². The second-order valence-electron chi connectivity index (χ2n) is 6.66. The molecule has 1 amide bonds. The van der Waals surface area contributed by atoms with Gasteiger partial charge in [0, 0.05) is 25.5 Å². The normalized spacial score (nSPS) is 17.1. The van der Waals surface area contributed by atoms with Crippen LogP contribution in [0.2, 0.25) is 0 Å². The summed E-state index contributed by atoms with van der Waals surface area (Å²) in [4.78, 5) is 24.5. The maximum Gasteiger partial charge on any atom is 0.354 e. The first-order valence-corrected chi connectivity index (χ1v) is 10.4. The second kappa shape index (κ2) is 8.26. The van der Waals surface area contributed by atoms with Crippen LogP contribution in [0.25, 0.3) is 0 Å². The molecule has 0 saturated carbocycles. The highest BCUT2D eigenvalue weighted by Crippen LogP contribution is 2.28. The van der Waals surface area contributed by atoms with Gasteiger partial charge in [-0.25, -0.2) is 13.2 Å². The van der Waals surface area contributed by atoms with Crippen LogP contribution < -0.4 is 10.1 Å². The number of carbonyl (C=O) groups is 2. The van der Waals surface area contributed by atoms with Gasteiger partial charge in [-0.15, -0.1) is 0 Å². The number of aryl methyl sites for hydroxylation is 1. The average Bonchev–Trinajstić information content (AvgIpc) is 3.35. The average molecular weight is 421 g/mol. The molecule has 1 atom stereocenters. The Morgan fingerprint density at radius 1 is 1.17 bits per heavy atom. The highest BCUT2D eigenvalue weighted by atomic mass is 32.2. The minimum Gasteiger partial charge on any atom is -0.497 e. The molecule has 1 N–H and O–H groups in total. The van der Waals surface area contributed by atoms with Gasteiger partial charge in [-0.1, -0.05) is 0 Å². The van der Waals surface area contributed by atoms with Gasteiger partial charge in [0.2, 0.25) is 15.9 Å². The summed E-state index contributed by atoms with van der Waals surface area (Å²) >= 11 is 0. The van der Waals surface area contributed by atoms with Crippen molar-refractivity contribution in [1.29, 1.82) is 0 Å². The Labute approximate surface area is 169 Å². The molecule has 29 heavy (non-hydrogen) atoms. The zero-order chi connectivity index (χ0) is 21.2. The van der Waals surface area contributed by atoms with E-state index in [1.54, 1.807) is 38.4 Å². The summed E-state index contributed by atoms with van der Waals surface area (Å²) in [7, 11) is 0.375. The van der Waals surface area contributed by atoms with Crippen LogP contribution in [0.3, 0.4) is 0 Å². The Balaban J connectivity index is 1.81. The molecule has 1 aromatic heterocycles. The van der Waals surface area contributed by atoms with E-state index in [1.165, 1.54) is 28.2 Å². The number of esters is 1. The molecule has 1 aliphatic heterocycles. The Hall–Kier alpha value is -2.85. The van der Waals surface area contributed by atoms with Crippen molar-refractivity contribution >= 4 is 27.6 Å². The lowest BCUT2D eigenvalue weighted by atomic mass is 10.2. The third kappa shape index (κ3) is 4.13. The Kier molecular flexibility index (Phi) is 5.94. The fourth-order valence-electron chi connectivity index (χ4n) is 3.31. The first kappa shape index (κ1) is 20.9. The molecule has 1 aromatic carbocycles. The molecule has 0 aliphatic carbocycles. The molecule has 3 rings (SSSR count). The highest BCUT2D eigenvalue weighted by molar-refractivity contribution is 7.89. The summed E-state index contributed by atoms with van der Waals surface area (Å²) in [6, 6.07) is 7.21. The molecule has 1 aliphatic rings. The fourth-order valence-corrected chi connectivity index (χ4v) is 5.04. The molecular weight excluding hydrogens is 398 g/mol. The predicted molar refractivity (Wildman–Crippen MR) is 105 cm³/mol. The van der Waals surface area contributed by atoms with Crippen molar-refractivity contribution in [1.82, 2.24) is 8.87 Å². The molecule has 2 aromatic rings. The highest BCUT2D eigenvalue weighted by Gasteiger charge is 2.40. The number of amides is 1. The number of hydrogen-bond donors (Lipinski definition) is 1. The van der Waals surface area contributed by atoms with E-state index < -0.39 is 27.9 Å². The molecule has 0 unspecified atom stereocenters. The summed E-state index contributed by atoms with van der Waals surface area (Å²) < 4.78 is 38.6. The van der Waals surface area contributed by atoms with Crippen molar-refractivity contribution in [2.75, 3.05) is 26.1 Å². The quantitative estimate of drug-likeness (QED) is 0.710. The van der Waals surface area contributed by atoms with Gasteiger partial charge in [-0.2, -0.15) is 4.31 Å². The van der Waals surface area contributed by atoms with E-state index in [0.717, 1.165) is 0 Å².